The topological polar surface area (TPSA) is 63.6 Å². The molecule has 0 radical (unpaired) electrons. The number of aromatic nitrogens is 4. The van der Waals surface area contributed by atoms with E-state index in [1.165, 1.54) is 6.07 Å². The highest BCUT2D eigenvalue weighted by molar-refractivity contribution is 5.76. The fourth-order valence-electron chi connectivity index (χ4n) is 2.00. The van der Waals surface area contributed by atoms with E-state index in [4.69, 9.17) is 0 Å². The van der Waals surface area contributed by atoms with Gasteiger partial charge in [0.2, 0.25) is 0 Å². The van der Waals surface area contributed by atoms with E-state index in [0.717, 1.165) is 11.0 Å². The molecule has 0 saturated heterocycles. The number of fused-ring (bicyclic) bond motifs is 1. The molecule has 19 heavy (non-hydrogen) atoms. The quantitative estimate of drug-likeness (QED) is 0.762. The molecule has 96 valence electrons. The molecule has 0 aliphatic carbocycles. The Morgan fingerprint density at radius 2 is 2.05 bits per heavy atom. The van der Waals surface area contributed by atoms with E-state index >= 15 is 0 Å². The minimum atomic E-state index is -0.147. The van der Waals surface area contributed by atoms with E-state index in [2.05, 4.69) is 15.0 Å². The van der Waals surface area contributed by atoms with Gasteiger partial charge < -0.3 is 4.98 Å². The zero-order chi connectivity index (χ0) is 13.4. The second kappa shape index (κ2) is 4.35. The number of benzene rings is 1. The maximum atomic E-state index is 11.7. The van der Waals surface area contributed by atoms with E-state index in [1.54, 1.807) is 6.33 Å². The Kier molecular flexibility index (Phi) is 2.67. The number of aromatic amines is 1. The summed E-state index contributed by atoms with van der Waals surface area (Å²) in [6.07, 6.45) is 1.69. The minimum Gasteiger partial charge on any atom is -0.310 e. The minimum absolute atomic E-state index is 0.147. The molecule has 2 heterocycles. The van der Waals surface area contributed by atoms with Crippen molar-refractivity contribution in [3.05, 3.63) is 52.8 Å². The molecule has 1 aromatic carbocycles. The molecule has 2 aromatic heterocycles. The molecule has 5 heteroatoms. The first-order valence-corrected chi connectivity index (χ1v) is 6.19. The lowest BCUT2D eigenvalue weighted by molar-refractivity contribution is 0.756. The monoisotopic (exact) mass is 254 g/mol. The molecule has 0 amide bonds. The molecule has 0 fully saturated rings. The summed E-state index contributed by atoms with van der Waals surface area (Å²) in [7, 11) is 0. The van der Waals surface area contributed by atoms with Crippen molar-refractivity contribution < 1.29 is 0 Å². The van der Waals surface area contributed by atoms with E-state index in [1.807, 2.05) is 42.7 Å². The van der Waals surface area contributed by atoms with E-state index in [9.17, 15) is 4.79 Å². The van der Waals surface area contributed by atoms with Gasteiger partial charge in [-0.3, -0.25) is 9.36 Å². The van der Waals surface area contributed by atoms with Crippen molar-refractivity contribution in [1.29, 1.82) is 0 Å². The fourth-order valence-corrected chi connectivity index (χ4v) is 2.00. The smallest absolute Gasteiger partial charge is 0.253 e. The average molecular weight is 254 g/mol. The lowest BCUT2D eigenvalue weighted by Gasteiger charge is -2.07. The van der Waals surface area contributed by atoms with Crippen LogP contribution >= 0.6 is 0 Å². The van der Waals surface area contributed by atoms with Crippen molar-refractivity contribution in [2.45, 2.75) is 19.8 Å². The number of rotatable bonds is 2. The number of H-pyrrole nitrogens is 1. The molecule has 0 saturated carbocycles. The van der Waals surface area contributed by atoms with Crippen LogP contribution in [0.1, 0.15) is 25.6 Å². The average Bonchev–Trinajstić information content (AvgIpc) is 2.81. The van der Waals surface area contributed by atoms with Crippen LogP contribution in [0.5, 0.6) is 0 Å². The van der Waals surface area contributed by atoms with Crippen molar-refractivity contribution in [2.24, 2.45) is 0 Å². The fraction of sp³-hybridized carbons (Fsp3) is 0.214. The van der Waals surface area contributed by atoms with Crippen molar-refractivity contribution >= 4 is 11.0 Å². The van der Waals surface area contributed by atoms with Gasteiger partial charge in [-0.1, -0.05) is 26.0 Å². The van der Waals surface area contributed by atoms with Crippen molar-refractivity contribution in [3.63, 3.8) is 0 Å². The van der Waals surface area contributed by atoms with E-state index < -0.39 is 0 Å². The predicted molar refractivity (Wildman–Crippen MR) is 73.6 cm³/mol. The van der Waals surface area contributed by atoms with E-state index in [-0.39, 0.29) is 11.5 Å². The molecular weight excluding hydrogens is 240 g/mol. The molecule has 3 rings (SSSR count). The summed E-state index contributed by atoms with van der Waals surface area (Å²) in [4.78, 5) is 23.3. The van der Waals surface area contributed by atoms with Gasteiger partial charge in [0.25, 0.3) is 5.56 Å². The number of imidazole rings is 1. The van der Waals surface area contributed by atoms with Gasteiger partial charge in [0, 0.05) is 12.0 Å². The number of hydrogen-bond acceptors (Lipinski definition) is 3. The zero-order valence-electron chi connectivity index (χ0n) is 10.8. The maximum absolute atomic E-state index is 11.7. The van der Waals surface area contributed by atoms with Crippen LogP contribution in [0.15, 0.2) is 41.5 Å². The zero-order valence-corrected chi connectivity index (χ0v) is 10.8. The van der Waals surface area contributed by atoms with Crippen molar-refractivity contribution in [3.8, 4) is 5.82 Å². The van der Waals surface area contributed by atoms with Gasteiger partial charge in [0.1, 0.15) is 18.0 Å². The Hall–Kier alpha value is -2.43. The van der Waals surface area contributed by atoms with Crippen LogP contribution in [0.25, 0.3) is 16.9 Å². The highest BCUT2D eigenvalue weighted by Crippen LogP contribution is 2.16. The second-order valence-electron chi connectivity index (χ2n) is 4.75. The van der Waals surface area contributed by atoms with Crippen LogP contribution in [0.3, 0.4) is 0 Å². The predicted octanol–water partition coefficient (Wildman–Crippen LogP) is 2.23. The molecular formula is C14H14N4O. The Morgan fingerprint density at radius 1 is 1.26 bits per heavy atom. The van der Waals surface area contributed by atoms with Crippen molar-refractivity contribution in [2.75, 3.05) is 0 Å². The summed E-state index contributed by atoms with van der Waals surface area (Å²) in [6, 6.07) is 9.25. The van der Waals surface area contributed by atoms with Crippen LogP contribution in [-0.4, -0.2) is 19.5 Å². The Labute approximate surface area is 110 Å². The standard InChI is InChI=1S/C14H14N4O/c1-9(2)14-16-12(7-13(19)17-14)18-8-15-10-5-3-4-6-11(10)18/h3-9H,1-2H3,(H,16,17,19). The molecule has 5 nitrogen and oxygen atoms in total. The van der Waals surface area contributed by atoms with Crippen LogP contribution < -0.4 is 5.56 Å². The van der Waals surface area contributed by atoms with Gasteiger partial charge in [-0.05, 0) is 12.1 Å². The van der Waals surface area contributed by atoms with Crippen molar-refractivity contribution in [1.82, 2.24) is 19.5 Å². The lowest BCUT2D eigenvalue weighted by atomic mass is 10.2. The number of nitrogens with one attached hydrogen (secondary N) is 1. The SMILES string of the molecule is CC(C)c1nc(-n2cnc3ccccc32)cc(=O)[nH]1. The first kappa shape index (κ1) is 11.6. The Balaban J connectivity index is 2.24. The van der Waals surface area contributed by atoms with Gasteiger partial charge >= 0.3 is 0 Å². The van der Waals surface area contributed by atoms with Gasteiger partial charge in [0.15, 0.2) is 0 Å². The van der Waals surface area contributed by atoms with Gasteiger partial charge in [-0.25, -0.2) is 9.97 Å². The Morgan fingerprint density at radius 3 is 2.84 bits per heavy atom. The molecule has 0 atom stereocenters. The third kappa shape index (κ3) is 2.03. The highest BCUT2D eigenvalue weighted by Gasteiger charge is 2.09. The molecule has 0 aliphatic rings. The molecule has 0 bridgehead atoms. The van der Waals surface area contributed by atoms with Crippen LogP contribution in [0.4, 0.5) is 0 Å². The molecule has 0 aliphatic heterocycles. The van der Waals surface area contributed by atoms with Crippen LogP contribution in [-0.2, 0) is 0 Å². The summed E-state index contributed by atoms with van der Waals surface area (Å²) in [5.41, 5.74) is 1.68. The third-order valence-corrected chi connectivity index (χ3v) is 2.99. The molecule has 0 unspecified atom stereocenters. The number of para-hydroxylation sites is 2. The normalized spacial score (nSPS) is 11.3. The maximum Gasteiger partial charge on any atom is 0.253 e. The molecule has 3 aromatic rings. The van der Waals surface area contributed by atoms with Gasteiger partial charge in [-0.2, -0.15) is 0 Å². The van der Waals surface area contributed by atoms with Gasteiger partial charge in [0.05, 0.1) is 11.0 Å². The third-order valence-electron chi connectivity index (χ3n) is 2.99. The first-order valence-electron chi connectivity index (χ1n) is 6.19. The van der Waals surface area contributed by atoms with Gasteiger partial charge in [-0.15, -0.1) is 0 Å². The summed E-state index contributed by atoms with van der Waals surface area (Å²) >= 11 is 0. The summed E-state index contributed by atoms with van der Waals surface area (Å²) in [6.45, 7) is 3.99. The summed E-state index contributed by atoms with van der Waals surface area (Å²) in [5.74, 6) is 1.45. The highest BCUT2D eigenvalue weighted by atomic mass is 16.1. The lowest BCUT2D eigenvalue weighted by Crippen LogP contribution is -2.14. The van der Waals surface area contributed by atoms with Crippen LogP contribution in [0.2, 0.25) is 0 Å². The molecule has 0 spiro atoms. The number of nitrogens with zero attached hydrogens (tertiary/aromatic N) is 3. The number of hydrogen-bond donors (Lipinski definition) is 1. The van der Waals surface area contributed by atoms with Crippen LogP contribution in [0, 0.1) is 0 Å². The summed E-state index contributed by atoms with van der Waals surface area (Å²) in [5, 5.41) is 0. The Bertz CT molecular complexity index is 785. The second-order valence-corrected chi connectivity index (χ2v) is 4.75. The summed E-state index contributed by atoms with van der Waals surface area (Å²) < 4.78 is 1.83. The van der Waals surface area contributed by atoms with E-state index in [0.29, 0.717) is 11.6 Å². The molecule has 1 N–H and O–H groups in total. The first-order chi connectivity index (χ1) is 9.15. The largest absolute Gasteiger partial charge is 0.310 e.